The third-order valence-electron chi connectivity index (χ3n) is 4.73. The largest absolute Gasteiger partial charge is 0.486 e. The summed E-state index contributed by atoms with van der Waals surface area (Å²) in [7, 11) is -3.61. The first-order valence-electron chi connectivity index (χ1n) is 8.04. The Hall–Kier alpha value is -1.28. The maximum atomic E-state index is 13.4. The molecule has 126 valence electrons. The minimum Gasteiger partial charge on any atom is -0.486 e. The third-order valence-corrected chi connectivity index (χ3v) is 7.26. The number of sulfonamides is 1. The SMILES string of the molecule is Cc1ccc(S(=O)(=O)N2c3cc(I)ccc3OC3CCCC32)cc1. The van der Waals surface area contributed by atoms with Crippen LogP contribution in [0.1, 0.15) is 24.8 Å². The highest BCUT2D eigenvalue weighted by Gasteiger charge is 2.45. The molecule has 2 aromatic rings. The molecular formula is C18H18INO3S. The molecule has 6 heteroatoms. The first kappa shape index (κ1) is 16.2. The van der Waals surface area contributed by atoms with Crippen LogP contribution in [0.4, 0.5) is 5.69 Å². The van der Waals surface area contributed by atoms with Crippen molar-refractivity contribution in [2.24, 2.45) is 0 Å². The highest BCUT2D eigenvalue weighted by molar-refractivity contribution is 14.1. The van der Waals surface area contributed by atoms with E-state index in [0.29, 0.717) is 16.3 Å². The smallest absolute Gasteiger partial charge is 0.264 e. The zero-order valence-corrected chi connectivity index (χ0v) is 16.2. The molecule has 0 spiro atoms. The highest BCUT2D eigenvalue weighted by Crippen LogP contribution is 2.45. The molecule has 1 fully saturated rings. The van der Waals surface area contributed by atoms with Crippen molar-refractivity contribution in [2.45, 2.75) is 43.2 Å². The molecule has 1 aliphatic carbocycles. The lowest BCUT2D eigenvalue weighted by atomic mass is 10.1. The summed E-state index contributed by atoms with van der Waals surface area (Å²) in [6, 6.07) is 12.7. The van der Waals surface area contributed by atoms with Gasteiger partial charge in [0.05, 0.1) is 16.6 Å². The van der Waals surface area contributed by atoms with Gasteiger partial charge in [-0.05, 0) is 79.1 Å². The van der Waals surface area contributed by atoms with Crippen LogP contribution in [0.3, 0.4) is 0 Å². The molecule has 0 amide bonds. The van der Waals surface area contributed by atoms with Gasteiger partial charge in [0.15, 0.2) is 0 Å². The maximum Gasteiger partial charge on any atom is 0.264 e. The summed E-state index contributed by atoms with van der Waals surface area (Å²) in [5.41, 5.74) is 1.70. The summed E-state index contributed by atoms with van der Waals surface area (Å²) < 4.78 is 35.5. The van der Waals surface area contributed by atoms with Crippen molar-refractivity contribution in [1.29, 1.82) is 0 Å². The van der Waals surface area contributed by atoms with E-state index in [4.69, 9.17) is 4.74 Å². The summed E-state index contributed by atoms with van der Waals surface area (Å²) in [6.45, 7) is 1.95. The van der Waals surface area contributed by atoms with Gasteiger partial charge in [-0.15, -0.1) is 0 Å². The molecule has 2 atom stereocenters. The van der Waals surface area contributed by atoms with Crippen molar-refractivity contribution in [1.82, 2.24) is 0 Å². The Morgan fingerprint density at radius 3 is 2.62 bits per heavy atom. The first-order valence-corrected chi connectivity index (χ1v) is 10.6. The predicted octanol–water partition coefficient (Wildman–Crippen LogP) is 4.11. The lowest BCUT2D eigenvalue weighted by Crippen LogP contribution is -2.49. The van der Waals surface area contributed by atoms with Crippen LogP contribution in [-0.2, 0) is 10.0 Å². The van der Waals surface area contributed by atoms with E-state index in [9.17, 15) is 8.42 Å². The van der Waals surface area contributed by atoms with Crippen LogP contribution in [0.15, 0.2) is 47.4 Å². The fourth-order valence-electron chi connectivity index (χ4n) is 3.55. The van der Waals surface area contributed by atoms with Crippen LogP contribution in [0.5, 0.6) is 5.75 Å². The molecule has 1 aliphatic heterocycles. The number of halogens is 1. The van der Waals surface area contributed by atoms with E-state index in [-0.39, 0.29) is 12.1 Å². The van der Waals surface area contributed by atoms with Crippen LogP contribution in [-0.4, -0.2) is 20.6 Å². The number of nitrogens with zero attached hydrogens (tertiary/aromatic N) is 1. The van der Waals surface area contributed by atoms with Gasteiger partial charge >= 0.3 is 0 Å². The Bertz CT molecular complexity index is 880. The van der Waals surface area contributed by atoms with E-state index in [2.05, 4.69) is 22.6 Å². The Morgan fingerprint density at radius 2 is 1.88 bits per heavy atom. The number of hydrogen-bond acceptors (Lipinski definition) is 3. The number of anilines is 1. The molecule has 4 nitrogen and oxygen atoms in total. The predicted molar refractivity (Wildman–Crippen MR) is 102 cm³/mol. The van der Waals surface area contributed by atoms with E-state index in [1.54, 1.807) is 16.4 Å². The number of fused-ring (bicyclic) bond motifs is 2. The molecule has 4 rings (SSSR count). The molecule has 2 unspecified atom stereocenters. The van der Waals surface area contributed by atoms with Crippen molar-refractivity contribution >= 4 is 38.3 Å². The summed E-state index contributed by atoms with van der Waals surface area (Å²) in [5, 5.41) is 0. The Labute approximate surface area is 156 Å². The molecule has 0 saturated heterocycles. The van der Waals surface area contributed by atoms with Gasteiger partial charge in [-0.25, -0.2) is 8.42 Å². The monoisotopic (exact) mass is 455 g/mol. The molecule has 0 radical (unpaired) electrons. The maximum absolute atomic E-state index is 13.4. The molecule has 1 heterocycles. The number of ether oxygens (including phenoxy) is 1. The van der Waals surface area contributed by atoms with Crippen molar-refractivity contribution in [2.75, 3.05) is 4.31 Å². The van der Waals surface area contributed by atoms with Crippen molar-refractivity contribution in [3.05, 3.63) is 51.6 Å². The minimum atomic E-state index is -3.61. The number of benzene rings is 2. The standard InChI is InChI=1S/C18H18INO3S/c1-12-5-8-14(9-6-12)24(21,22)20-15-3-2-4-17(15)23-18-10-7-13(19)11-16(18)20/h5-11,15,17H,2-4H2,1H3. The number of hydrogen-bond donors (Lipinski definition) is 0. The molecule has 24 heavy (non-hydrogen) atoms. The van der Waals surface area contributed by atoms with Gasteiger partial charge in [0.1, 0.15) is 11.9 Å². The third kappa shape index (κ3) is 2.60. The fourth-order valence-corrected chi connectivity index (χ4v) is 5.73. The summed E-state index contributed by atoms with van der Waals surface area (Å²) in [4.78, 5) is 0.338. The lowest BCUT2D eigenvalue weighted by molar-refractivity contribution is 0.180. The summed E-state index contributed by atoms with van der Waals surface area (Å²) in [6.07, 6.45) is 2.66. The molecule has 0 aromatic heterocycles. The summed E-state index contributed by atoms with van der Waals surface area (Å²) in [5.74, 6) is 0.661. The van der Waals surface area contributed by atoms with E-state index < -0.39 is 10.0 Å². The van der Waals surface area contributed by atoms with Gasteiger partial charge < -0.3 is 4.74 Å². The van der Waals surface area contributed by atoms with Crippen LogP contribution in [0.2, 0.25) is 0 Å². The van der Waals surface area contributed by atoms with Crippen molar-refractivity contribution < 1.29 is 13.2 Å². The summed E-state index contributed by atoms with van der Waals surface area (Å²) >= 11 is 2.21. The molecule has 2 aromatic carbocycles. The van der Waals surface area contributed by atoms with Crippen LogP contribution >= 0.6 is 22.6 Å². The quantitative estimate of drug-likeness (QED) is 0.641. The second-order valence-electron chi connectivity index (χ2n) is 6.38. The topological polar surface area (TPSA) is 46.6 Å². The van der Waals surface area contributed by atoms with E-state index >= 15 is 0 Å². The second-order valence-corrected chi connectivity index (χ2v) is 9.44. The Kier molecular flexibility index (Phi) is 3.99. The van der Waals surface area contributed by atoms with Gasteiger partial charge in [-0.3, -0.25) is 4.31 Å². The fraction of sp³-hybridized carbons (Fsp3) is 0.333. The Balaban J connectivity index is 1.88. The number of aryl methyl sites for hydroxylation is 1. The minimum absolute atomic E-state index is 0.0576. The van der Waals surface area contributed by atoms with Crippen LogP contribution < -0.4 is 9.04 Å². The van der Waals surface area contributed by atoms with Gasteiger partial charge in [0, 0.05) is 3.57 Å². The average molecular weight is 455 g/mol. The van der Waals surface area contributed by atoms with Gasteiger partial charge in [0.2, 0.25) is 0 Å². The molecule has 0 bridgehead atoms. The molecule has 2 aliphatic rings. The lowest BCUT2D eigenvalue weighted by Gasteiger charge is -2.39. The number of rotatable bonds is 2. The molecular weight excluding hydrogens is 437 g/mol. The normalized spacial score (nSPS) is 22.7. The molecule has 0 N–H and O–H groups in total. The van der Waals surface area contributed by atoms with Crippen LogP contribution in [0, 0.1) is 10.5 Å². The zero-order valence-electron chi connectivity index (χ0n) is 13.3. The van der Waals surface area contributed by atoms with Gasteiger partial charge in [-0.1, -0.05) is 17.7 Å². The first-order chi connectivity index (χ1) is 11.5. The van der Waals surface area contributed by atoms with E-state index in [1.165, 1.54) is 0 Å². The zero-order chi connectivity index (χ0) is 16.9. The second kappa shape index (κ2) is 5.91. The van der Waals surface area contributed by atoms with Crippen molar-refractivity contribution in [3.63, 3.8) is 0 Å². The van der Waals surface area contributed by atoms with E-state index in [1.807, 2.05) is 37.3 Å². The Morgan fingerprint density at radius 1 is 1.12 bits per heavy atom. The van der Waals surface area contributed by atoms with Crippen molar-refractivity contribution in [3.8, 4) is 5.75 Å². The van der Waals surface area contributed by atoms with Crippen LogP contribution in [0.25, 0.3) is 0 Å². The van der Waals surface area contributed by atoms with Gasteiger partial charge in [-0.2, -0.15) is 0 Å². The average Bonchev–Trinajstić information content (AvgIpc) is 3.00. The van der Waals surface area contributed by atoms with Gasteiger partial charge in [0.25, 0.3) is 10.0 Å². The highest BCUT2D eigenvalue weighted by atomic mass is 127. The molecule has 1 saturated carbocycles. The van der Waals surface area contributed by atoms with E-state index in [0.717, 1.165) is 28.4 Å².